The number of nitrogens with zero attached hydrogens (tertiary/aromatic N) is 1. The minimum atomic E-state index is -1.28. The summed E-state index contributed by atoms with van der Waals surface area (Å²) in [4.78, 5) is 27.7. The third kappa shape index (κ3) is 4.58. The smallest absolute Gasteiger partial charge is 0.340 e. The Hall–Kier alpha value is -2.02. The molecule has 6 nitrogen and oxygen atoms in total. The van der Waals surface area contributed by atoms with Gasteiger partial charge in [-0.3, -0.25) is 4.98 Å². The standard InChI is InChI=1S/C13H16N2O4S/c1-3-18-12(16)10(13(17)19-4-2)15-11(20)9-6-5-7-14-8-9/h5-8,10H,3-4H2,1-2H3,(H,15,20). The Morgan fingerprint density at radius 1 is 1.30 bits per heavy atom. The number of hydrogen-bond acceptors (Lipinski definition) is 6. The lowest BCUT2D eigenvalue weighted by Crippen LogP contribution is -2.48. The minimum Gasteiger partial charge on any atom is -0.464 e. The molecule has 0 aliphatic heterocycles. The van der Waals surface area contributed by atoms with Crippen molar-refractivity contribution in [3.63, 3.8) is 0 Å². The van der Waals surface area contributed by atoms with Crippen LogP contribution in [0.4, 0.5) is 0 Å². The van der Waals surface area contributed by atoms with E-state index in [1.807, 2.05) is 0 Å². The van der Waals surface area contributed by atoms with Gasteiger partial charge in [-0.05, 0) is 26.0 Å². The fraction of sp³-hybridized carbons (Fsp3) is 0.385. The minimum absolute atomic E-state index is 0.163. The van der Waals surface area contributed by atoms with E-state index in [4.69, 9.17) is 21.7 Å². The molecule has 1 rings (SSSR count). The Bertz CT molecular complexity index is 461. The summed E-state index contributed by atoms with van der Waals surface area (Å²) in [6.07, 6.45) is 3.13. The van der Waals surface area contributed by atoms with Crippen molar-refractivity contribution in [3.05, 3.63) is 30.1 Å². The van der Waals surface area contributed by atoms with Crippen LogP contribution in [-0.4, -0.2) is 41.2 Å². The summed E-state index contributed by atoms with van der Waals surface area (Å²) in [7, 11) is 0. The number of thiocarbonyl (C=S) groups is 1. The maximum atomic E-state index is 11.8. The van der Waals surface area contributed by atoms with Crippen LogP contribution in [0, 0.1) is 0 Å². The van der Waals surface area contributed by atoms with Crippen LogP contribution in [0.3, 0.4) is 0 Å². The highest BCUT2D eigenvalue weighted by Gasteiger charge is 2.30. The zero-order chi connectivity index (χ0) is 15.0. The molecule has 1 aromatic rings. The monoisotopic (exact) mass is 296 g/mol. The molecule has 0 saturated carbocycles. The molecule has 0 radical (unpaired) electrons. The van der Waals surface area contributed by atoms with E-state index in [2.05, 4.69) is 10.3 Å². The molecule has 7 heteroatoms. The number of carbonyl (C=O) groups is 2. The molecule has 0 bridgehead atoms. The average Bonchev–Trinajstić information content (AvgIpc) is 2.45. The lowest BCUT2D eigenvalue weighted by atomic mass is 10.2. The quantitative estimate of drug-likeness (QED) is 0.473. The van der Waals surface area contributed by atoms with Crippen molar-refractivity contribution < 1.29 is 19.1 Å². The summed E-state index contributed by atoms with van der Waals surface area (Å²) >= 11 is 5.14. The first-order valence-electron chi connectivity index (χ1n) is 6.14. The number of aromatic nitrogens is 1. The molecular formula is C13H16N2O4S. The Balaban J connectivity index is 2.81. The topological polar surface area (TPSA) is 77.5 Å². The Kier molecular flexibility index (Phi) is 6.58. The van der Waals surface area contributed by atoms with E-state index in [-0.39, 0.29) is 18.2 Å². The van der Waals surface area contributed by atoms with E-state index in [1.165, 1.54) is 6.20 Å². The van der Waals surface area contributed by atoms with Crippen molar-refractivity contribution in [1.29, 1.82) is 0 Å². The number of hydrogen-bond donors (Lipinski definition) is 1. The first-order chi connectivity index (χ1) is 9.60. The number of carbonyl (C=O) groups excluding carboxylic acids is 2. The van der Waals surface area contributed by atoms with Gasteiger partial charge in [0.05, 0.1) is 13.2 Å². The summed E-state index contributed by atoms with van der Waals surface area (Å²) in [5.74, 6) is -1.45. The molecule has 0 fully saturated rings. The molecule has 0 saturated heterocycles. The average molecular weight is 296 g/mol. The van der Waals surface area contributed by atoms with Gasteiger partial charge in [0.1, 0.15) is 4.99 Å². The molecule has 1 N–H and O–H groups in total. The highest BCUT2D eigenvalue weighted by molar-refractivity contribution is 7.80. The van der Waals surface area contributed by atoms with E-state index in [0.717, 1.165) is 0 Å². The highest BCUT2D eigenvalue weighted by atomic mass is 32.1. The number of nitrogens with one attached hydrogen (secondary N) is 1. The molecule has 0 spiro atoms. The predicted octanol–water partition coefficient (Wildman–Crippen LogP) is 0.842. The molecule has 20 heavy (non-hydrogen) atoms. The van der Waals surface area contributed by atoms with Crippen LogP contribution in [0.5, 0.6) is 0 Å². The van der Waals surface area contributed by atoms with Crippen molar-refractivity contribution in [2.75, 3.05) is 13.2 Å². The van der Waals surface area contributed by atoms with Crippen LogP contribution in [0.15, 0.2) is 24.5 Å². The zero-order valence-electron chi connectivity index (χ0n) is 11.3. The predicted molar refractivity (Wildman–Crippen MR) is 76.1 cm³/mol. The second-order valence-corrected chi connectivity index (χ2v) is 4.06. The third-order valence-electron chi connectivity index (χ3n) is 2.24. The van der Waals surface area contributed by atoms with Crippen LogP contribution in [-0.2, 0) is 19.1 Å². The summed E-state index contributed by atoms with van der Waals surface area (Å²) < 4.78 is 9.66. The normalized spacial score (nSPS) is 9.95. The van der Waals surface area contributed by atoms with E-state index in [1.54, 1.807) is 32.2 Å². The number of esters is 2. The van der Waals surface area contributed by atoms with Gasteiger partial charge in [-0.25, -0.2) is 9.59 Å². The fourth-order valence-corrected chi connectivity index (χ4v) is 1.62. The molecular weight excluding hydrogens is 280 g/mol. The molecule has 0 aromatic carbocycles. The van der Waals surface area contributed by atoms with Gasteiger partial charge in [0.25, 0.3) is 0 Å². The Morgan fingerprint density at radius 2 is 1.90 bits per heavy atom. The SMILES string of the molecule is CCOC(=O)C(NC(=S)c1cccnc1)C(=O)OCC. The van der Waals surface area contributed by atoms with Crippen LogP contribution in [0.1, 0.15) is 19.4 Å². The van der Waals surface area contributed by atoms with Crippen LogP contribution < -0.4 is 5.32 Å². The van der Waals surface area contributed by atoms with Crippen molar-refractivity contribution in [2.24, 2.45) is 0 Å². The molecule has 0 amide bonds. The van der Waals surface area contributed by atoms with Gasteiger partial charge < -0.3 is 14.8 Å². The highest BCUT2D eigenvalue weighted by Crippen LogP contribution is 2.01. The van der Waals surface area contributed by atoms with Crippen molar-refractivity contribution >= 4 is 29.1 Å². The van der Waals surface area contributed by atoms with E-state index in [0.29, 0.717) is 5.56 Å². The van der Waals surface area contributed by atoms with Crippen molar-refractivity contribution in [2.45, 2.75) is 19.9 Å². The molecule has 0 atom stereocenters. The lowest BCUT2D eigenvalue weighted by Gasteiger charge is -2.17. The first-order valence-corrected chi connectivity index (χ1v) is 6.55. The number of rotatable bonds is 6. The van der Waals surface area contributed by atoms with Gasteiger partial charge in [-0.15, -0.1) is 0 Å². The Morgan fingerprint density at radius 3 is 2.35 bits per heavy atom. The lowest BCUT2D eigenvalue weighted by molar-refractivity contribution is -0.157. The summed E-state index contributed by atoms with van der Waals surface area (Å²) in [5, 5.41) is 2.64. The second kappa shape index (κ2) is 8.21. The summed E-state index contributed by atoms with van der Waals surface area (Å²) in [6.45, 7) is 3.63. The number of ether oxygens (including phenoxy) is 2. The maximum Gasteiger partial charge on any atom is 0.340 e. The van der Waals surface area contributed by atoms with Crippen molar-refractivity contribution in [3.8, 4) is 0 Å². The van der Waals surface area contributed by atoms with Crippen LogP contribution in [0.2, 0.25) is 0 Å². The molecule has 1 aromatic heterocycles. The fourth-order valence-electron chi connectivity index (χ4n) is 1.38. The van der Waals surface area contributed by atoms with E-state index < -0.39 is 18.0 Å². The molecule has 1 heterocycles. The number of pyridine rings is 1. The van der Waals surface area contributed by atoms with E-state index in [9.17, 15) is 9.59 Å². The first kappa shape index (κ1) is 16.0. The molecule has 0 aliphatic rings. The van der Waals surface area contributed by atoms with Gasteiger partial charge in [-0.2, -0.15) is 0 Å². The summed E-state index contributed by atoms with van der Waals surface area (Å²) in [6, 6.07) is 2.14. The third-order valence-corrected chi connectivity index (χ3v) is 2.60. The largest absolute Gasteiger partial charge is 0.464 e. The molecule has 0 unspecified atom stereocenters. The van der Waals surface area contributed by atoms with Gasteiger partial charge in [-0.1, -0.05) is 12.2 Å². The van der Waals surface area contributed by atoms with Crippen LogP contribution >= 0.6 is 12.2 Å². The van der Waals surface area contributed by atoms with Crippen LogP contribution in [0.25, 0.3) is 0 Å². The summed E-state index contributed by atoms with van der Waals surface area (Å²) in [5.41, 5.74) is 0.598. The van der Waals surface area contributed by atoms with Gasteiger partial charge >= 0.3 is 11.9 Å². The second-order valence-electron chi connectivity index (χ2n) is 3.65. The van der Waals surface area contributed by atoms with Gasteiger partial charge in [0.15, 0.2) is 0 Å². The zero-order valence-corrected chi connectivity index (χ0v) is 12.1. The van der Waals surface area contributed by atoms with E-state index >= 15 is 0 Å². The van der Waals surface area contributed by atoms with Gasteiger partial charge in [0.2, 0.25) is 6.04 Å². The van der Waals surface area contributed by atoms with Gasteiger partial charge in [0, 0.05) is 18.0 Å². The maximum absolute atomic E-state index is 11.8. The van der Waals surface area contributed by atoms with Crippen molar-refractivity contribution in [1.82, 2.24) is 10.3 Å². The Labute approximate surface area is 122 Å². The molecule has 108 valence electrons. The molecule has 0 aliphatic carbocycles.